The first kappa shape index (κ1) is 28.0. The molecular weight excluding hydrogens is 492 g/mol. The Morgan fingerprint density at radius 1 is 0.838 bits per heavy atom. The predicted octanol–water partition coefficient (Wildman–Crippen LogP) is 5.03. The second kappa shape index (κ2) is 13.7. The van der Waals surface area contributed by atoms with Crippen molar-refractivity contribution in [3.8, 4) is 45.5 Å². The smallest absolute Gasteiger partial charge is 0.233 e. The zero-order valence-electron chi connectivity index (χ0n) is 22.2. The van der Waals surface area contributed by atoms with Crippen LogP contribution in [0.4, 0.5) is 0 Å². The topological polar surface area (TPSA) is 105 Å². The highest BCUT2D eigenvalue weighted by atomic mass is 32.2. The number of hydrogen-bond acceptors (Lipinski definition) is 9. The lowest BCUT2D eigenvalue weighted by Gasteiger charge is -2.16. The average molecular weight is 527 g/mol. The molecule has 0 saturated heterocycles. The highest BCUT2D eigenvalue weighted by Crippen LogP contribution is 2.38. The van der Waals surface area contributed by atoms with E-state index in [1.54, 1.807) is 28.4 Å². The summed E-state index contributed by atoms with van der Waals surface area (Å²) in [6.45, 7) is 4.71. The van der Waals surface area contributed by atoms with Crippen molar-refractivity contribution < 1.29 is 23.7 Å². The molecule has 0 radical (unpaired) electrons. The number of carbonyl (C=O) groups excluding carboxylic acids is 1. The van der Waals surface area contributed by atoms with Gasteiger partial charge in [-0.05, 0) is 49.2 Å². The molecule has 0 unspecified atom stereocenters. The van der Waals surface area contributed by atoms with Crippen molar-refractivity contribution in [2.75, 3.05) is 35.0 Å². The van der Waals surface area contributed by atoms with Crippen LogP contribution < -0.4 is 24.3 Å². The van der Waals surface area contributed by atoms with E-state index in [-0.39, 0.29) is 11.2 Å². The van der Waals surface area contributed by atoms with Gasteiger partial charge in [0.1, 0.15) is 11.4 Å². The number of unbranched alkanes of at least 4 members (excludes halogenated alkanes) is 1. The van der Waals surface area contributed by atoms with Gasteiger partial charge in [-0.15, -0.1) is 10.2 Å². The Bertz CT molecular complexity index is 1210. The number of ether oxygens (including phenoxy) is 4. The second-order valence-corrected chi connectivity index (χ2v) is 9.26. The minimum Gasteiger partial charge on any atom is -0.493 e. The van der Waals surface area contributed by atoms with Gasteiger partial charge in [-0.1, -0.05) is 32.0 Å². The summed E-state index contributed by atoms with van der Waals surface area (Å²) >= 11 is 1.30. The molecular formula is C27H34N4O5S. The number of aromatic nitrogens is 3. The molecule has 0 spiro atoms. The van der Waals surface area contributed by atoms with Crippen molar-refractivity contribution in [2.45, 2.75) is 43.5 Å². The van der Waals surface area contributed by atoms with Gasteiger partial charge in [-0.2, -0.15) is 0 Å². The summed E-state index contributed by atoms with van der Waals surface area (Å²) in [6.07, 6.45) is 2.59. The normalized spacial score (nSPS) is 11.5. The van der Waals surface area contributed by atoms with Crippen LogP contribution >= 0.6 is 11.8 Å². The highest BCUT2D eigenvalue weighted by Gasteiger charge is 2.22. The molecule has 1 amide bonds. The first-order valence-corrected chi connectivity index (χ1v) is 13.0. The van der Waals surface area contributed by atoms with Crippen molar-refractivity contribution in [1.29, 1.82) is 0 Å². The van der Waals surface area contributed by atoms with Gasteiger partial charge in [0, 0.05) is 17.7 Å². The van der Waals surface area contributed by atoms with Crippen LogP contribution in [0.2, 0.25) is 0 Å². The summed E-state index contributed by atoms with van der Waals surface area (Å²) in [5.41, 5.74) is 2.66. The van der Waals surface area contributed by atoms with Gasteiger partial charge in [0.05, 0.1) is 33.7 Å². The quantitative estimate of drug-likeness (QED) is 0.243. The van der Waals surface area contributed by atoms with Gasteiger partial charge in [0.2, 0.25) is 11.1 Å². The molecule has 1 aromatic heterocycles. The molecule has 0 aliphatic rings. The van der Waals surface area contributed by atoms with E-state index in [2.05, 4.69) is 22.4 Å². The first-order chi connectivity index (χ1) is 18.0. The SMILES string of the molecule is CCCCNC(=O)[C@@H](CC)Sc1nnc(-c2ccc(OC)c(OC)c2)c(-c2ccc(OC)c(OC)c2)n1. The summed E-state index contributed by atoms with van der Waals surface area (Å²) in [4.78, 5) is 17.6. The van der Waals surface area contributed by atoms with Crippen molar-refractivity contribution in [2.24, 2.45) is 0 Å². The number of rotatable bonds is 13. The number of nitrogens with one attached hydrogen (secondary N) is 1. The number of methoxy groups -OCH3 is 4. The van der Waals surface area contributed by atoms with Crippen molar-refractivity contribution in [3.63, 3.8) is 0 Å². The predicted molar refractivity (Wildman–Crippen MR) is 145 cm³/mol. The largest absolute Gasteiger partial charge is 0.493 e. The zero-order chi connectivity index (χ0) is 26.8. The Balaban J connectivity index is 2.07. The van der Waals surface area contributed by atoms with Gasteiger partial charge in [-0.25, -0.2) is 4.98 Å². The summed E-state index contributed by atoms with van der Waals surface area (Å²) in [7, 11) is 6.34. The lowest BCUT2D eigenvalue weighted by atomic mass is 10.0. The second-order valence-electron chi connectivity index (χ2n) is 8.09. The molecule has 1 N–H and O–H groups in total. The van der Waals surface area contributed by atoms with Crippen LogP contribution in [-0.2, 0) is 4.79 Å². The summed E-state index contributed by atoms with van der Waals surface area (Å²) < 4.78 is 21.8. The number of carbonyl (C=O) groups is 1. The van der Waals surface area contributed by atoms with Gasteiger partial charge >= 0.3 is 0 Å². The van der Waals surface area contributed by atoms with E-state index < -0.39 is 0 Å². The maximum Gasteiger partial charge on any atom is 0.233 e. The third-order valence-corrected chi connectivity index (χ3v) is 6.94. The Morgan fingerprint density at radius 2 is 1.41 bits per heavy atom. The molecule has 0 fully saturated rings. The molecule has 0 saturated carbocycles. The Labute approximate surface area is 222 Å². The maximum absolute atomic E-state index is 12.7. The zero-order valence-corrected chi connectivity index (χ0v) is 23.0. The number of hydrogen-bond donors (Lipinski definition) is 1. The molecule has 1 heterocycles. The number of thioether (sulfide) groups is 1. The lowest BCUT2D eigenvalue weighted by molar-refractivity contribution is -0.120. The number of benzene rings is 2. The van der Waals surface area contributed by atoms with Crippen molar-refractivity contribution in [3.05, 3.63) is 36.4 Å². The van der Waals surface area contributed by atoms with Gasteiger partial charge in [-0.3, -0.25) is 4.79 Å². The van der Waals surface area contributed by atoms with E-state index >= 15 is 0 Å². The van der Waals surface area contributed by atoms with Gasteiger partial charge in [0.15, 0.2) is 23.0 Å². The molecule has 37 heavy (non-hydrogen) atoms. The fraction of sp³-hybridized carbons (Fsp3) is 0.407. The van der Waals surface area contributed by atoms with Crippen LogP contribution in [-0.4, -0.2) is 61.3 Å². The molecule has 10 heteroatoms. The average Bonchev–Trinajstić information content (AvgIpc) is 2.94. The third kappa shape index (κ3) is 6.82. The molecule has 3 aromatic rings. The van der Waals surface area contributed by atoms with Crippen LogP contribution in [0.3, 0.4) is 0 Å². The summed E-state index contributed by atoms with van der Waals surface area (Å²) in [5.74, 6) is 2.31. The van der Waals surface area contributed by atoms with E-state index in [9.17, 15) is 4.79 Å². The highest BCUT2D eigenvalue weighted by molar-refractivity contribution is 8.00. The van der Waals surface area contributed by atoms with Crippen molar-refractivity contribution >= 4 is 17.7 Å². The van der Waals surface area contributed by atoms with E-state index in [1.807, 2.05) is 43.3 Å². The molecule has 0 aliphatic carbocycles. The van der Waals surface area contributed by atoms with Gasteiger partial charge < -0.3 is 24.3 Å². The van der Waals surface area contributed by atoms with Crippen LogP contribution in [0.15, 0.2) is 41.6 Å². The molecule has 1 atom stereocenters. The van der Waals surface area contributed by atoms with E-state index in [1.165, 1.54) is 11.8 Å². The minimum absolute atomic E-state index is 0.0267. The Kier molecular flexibility index (Phi) is 10.4. The summed E-state index contributed by atoms with van der Waals surface area (Å²) in [5, 5.41) is 12.0. The number of nitrogens with zero attached hydrogens (tertiary/aromatic N) is 3. The standard InChI is InChI=1S/C27H34N4O5S/c1-7-9-14-28-26(32)23(8-2)37-27-29-24(17-10-12-19(33-3)21(15-17)35-5)25(30-31-27)18-11-13-20(34-4)22(16-18)36-6/h10-13,15-16,23H,7-9,14H2,1-6H3,(H,28,32)/t23-/m1/s1. The molecule has 198 valence electrons. The summed E-state index contributed by atoms with van der Waals surface area (Å²) in [6, 6.07) is 11.1. The number of amides is 1. The van der Waals surface area contributed by atoms with Crippen LogP contribution in [0.1, 0.15) is 33.1 Å². The maximum atomic E-state index is 12.7. The third-order valence-electron chi connectivity index (χ3n) is 5.72. The fourth-order valence-electron chi connectivity index (χ4n) is 3.68. The first-order valence-electron chi connectivity index (χ1n) is 12.1. The van der Waals surface area contributed by atoms with E-state index in [4.69, 9.17) is 23.9 Å². The molecule has 3 rings (SSSR count). The van der Waals surface area contributed by atoms with Crippen LogP contribution in [0.5, 0.6) is 23.0 Å². The van der Waals surface area contributed by atoms with Gasteiger partial charge in [0.25, 0.3) is 0 Å². The van der Waals surface area contributed by atoms with Crippen LogP contribution in [0, 0.1) is 0 Å². The van der Waals surface area contributed by atoms with E-state index in [0.717, 1.165) is 24.0 Å². The molecule has 2 aromatic carbocycles. The lowest BCUT2D eigenvalue weighted by Crippen LogP contribution is -2.33. The minimum atomic E-state index is -0.330. The monoisotopic (exact) mass is 526 g/mol. The molecule has 0 aliphatic heterocycles. The van der Waals surface area contributed by atoms with E-state index in [0.29, 0.717) is 52.5 Å². The van der Waals surface area contributed by atoms with Crippen LogP contribution in [0.25, 0.3) is 22.5 Å². The van der Waals surface area contributed by atoms with Crippen molar-refractivity contribution in [1.82, 2.24) is 20.5 Å². The fourth-order valence-corrected chi connectivity index (χ4v) is 4.52. The Hall–Kier alpha value is -3.53. The Morgan fingerprint density at radius 3 is 1.92 bits per heavy atom. The molecule has 0 bridgehead atoms. The molecule has 9 nitrogen and oxygen atoms in total.